The van der Waals surface area contributed by atoms with Crippen molar-refractivity contribution in [2.24, 2.45) is 0 Å². The van der Waals surface area contributed by atoms with Crippen LogP contribution in [0.15, 0.2) is 35.2 Å². The highest BCUT2D eigenvalue weighted by molar-refractivity contribution is 14.1. The lowest BCUT2D eigenvalue weighted by atomic mass is 9.82. The van der Waals surface area contributed by atoms with Crippen LogP contribution in [0.4, 0.5) is 5.69 Å². The zero-order chi connectivity index (χ0) is 20.0. The molecule has 28 heavy (non-hydrogen) atoms. The van der Waals surface area contributed by atoms with Gasteiger partial charge in [0, 0.05) is 34.3 Å². The van der Waals surface area contributed by atoms with Crippen molar-refractivity contribution < 1.29 is 18.7 Å². The molecule has 2 N–H and O–H groups in total. The van der Waals surface area contributed by atoms with Crippen molar-refractivity contribution in [3.05, 3.63) is 30.8 Å². The lowest BCUT2D eigenvalue weighted by molar-refractivity contribution is -0.137. The summed E-state index contributed by atoms with van der Waals surface area (Å²) < 4.78 is 13.5. The summed E-state index contributed by atoms with van der Waals surface area (Å²) in [6.07, 6.45) is 7.48. The molecule has 1 aliphatic carbocycles. The molecule has 0 atom stereocenters. The number of aromatic nitrogens is 1. The molecular formula is C20H20IN3O4. The molecule has 1 fully saturated rings. The topological polar surface area (TPSA) is 93.5 Å². The normalized spacial score (nSPS) is 15.1. The summed E-state index contributed by atoms with van der Waals surface area (Å²) in [6, 6.07) is 5.04. The van der Waals surface area contributed by atoms with Crippen molar-refractivity contribution in [3.63, 3.8) is 0 Å². The van der Waals surface area contributed by atoms with Crippen LogP contribution in [0.3, 0.4) is 0 Å². The van der Waals surface area contributed by atoms with Gasteiger partial charge >= 0.3 is 11.8 Å². The third kappa shape index (κ3) is 4.65. The number of nitrogens with zero attached hydrogens (tertiary/aromatic N) is 1. The van der Waals surface area contributed by atoms with E-state index in [1.807, 2.05) is 22.6 Å². The van der Waals surface area contributed by atoms with Gasteiger partial charge in [-0.1, -0.05) is 25.2 Å². The number of hydrogen-bond acceptors (Lipinski definition) is 5. The van der Waals surface area contributed by atoms with Crippen molar-refractivity contribution in [2.45, 2.75) is 37.6 Å². The number of halogens is 1. The zero-order valence-electron chi connectivity index (χ0n) is 15.4. The molecule has 3 rings (SSSR count). The Morgan fingerprint density at radius 3 is 2.68 bits per heavy atom. The van der Waals surface area contributed by atoms with Crippen molar-refractivity contribution >= 4 is 40.1 Å². The van der Waals surface area contributed by atoms with Gasteiger partial charge < -0.3 is 19.8 Å². The number of oxazole rings is 1. The highest BCUT2D eigenvalue weighted by Gasteiger charge is 2.33. The summed E-state index contributed by atoms with van der Waals surface area (Å²) in [5, 5.41) is 5.44. The Hall–Kier alpha value is -2.54. The molecule has 1 aromatic heterocycles. The molecule has 7 nitrogen and oxygen atoms in total. The Labute approximate surface area is 176 Å². The first-order chi connectivity index (χ1) is 13.6. The van der Waals surface area contributed by atoms with Crippen molar-refractivity contribution in [1.82, 2.24) is 10.3 Å². The predicted octanol–water partition coefficient (Wildman–Crippen LogP) is 3.50. The fraction of sp³-hybridized carbons (Fsp3) is 0.350. The molecule has 0 unspecified atom stereocenters. The Bertz CT molecular complexity index is 909. The number of hydrogen-bond donors (Lipinski definition) is 2. The first-order valence-electron chi connectivity index (χ1n) is 8.90. The van der Waals surface area contributed by atoms with Crippen molar-refractivity contribution in [2.75, 3.05) is 12.4 Å². The average molecular weight is 493 g/mol. The Morgan fingerprint density at radius 1 is 1.25 bits per heavy atom. The smallest absolute Gasteiger partial charge is 0.313 e. The van der Waals surface area contributed by atoms with E-state index in [4.69, 9.17) is 9.15 Å². The van der Waals surface area contributed by atoms with Gasteiger partial charge in [-0.3, -0.25) is 9.59 Å². The number of ether oxygens (including phenoxy) is 1. The molecule has 1 aromatic carbocycles. The van der Waals surface area contributed by atoms with Gasteiger partial charge in [-0.15, -0.1) is 0 Å². The second-order valence-electron chi connectivity index (χ2n) is 6.55. The quantitative estimate of drug-likeness (QED) is 0.387. The lowest BCUT2D eigenvalue weighted by Crippen LogP contribution is -2.52. The molecule has 0 saturated heterocycles. The van der Waals surface area contributed by atoms with E-state index in [-0.39, 0.29) is 0 Å². The van der Waals surface area contributed by atoms with E-state index in [0.717, 1.165) is 32.1 Å². The second-order valence-corrected chi connectivity index (χ2v) is 7.09. The largest absolute Gasteiger partial charge is 0.496 e. The van der Waals surface area contributed by atoms with Gasteiger partial charge in [-0.05, 0) is 28.9 Å². The molecule has 0 bridgehead atoms. The Morgan fingerprint density at radius 2 is 2.04 bits per heavy atom. The van der Waals surface area contributed by atoms with Crippen LogP contribution in [0, 0.1) is 9.85 Å². The summed E-state index contributed by atoms with van der Waals surface area (Å²) in [5.74, 6) is 2.68. The van der Waals surface area contributed by atoms with Gasteiger partial charge in [0.05, 0.1) is 18.9 Å². The minimum absolute atomic E-state index is 0.443. The van der Waals surface area contributed by atoms with E-state index in [1.54, 1.807) is 24.4 Å². The lowest BCUT2D eigenvalue weighted by Gasteiger charge is -2.33. The molecule has 0 aliphatic heterocycles. The minimum atomic E-state index is -0.741. The summed E-state index contributed by atoms with van der Waals surface area (Å²) in [4.78, 5) is 28.7. The van der Waals surface area contributed by atoms with Crippen LogP contribution in [0.1, 0.15) is 32.1 Å². The fourth-order valence-corrected chi connectivity index (χ4v) is 3.83. The monoisotopic (exact) mass is 493 g/mol. The predicted molar refractivity (Wildman–Crippen MR) is 113 cm³/mol. The SMILES string of the molecule is COc1cc(NC(=O)C(=O)NC2(C#CI)CCCCC2)ccc1-c1cnco1. The van der Waals surface area contributed by atoms with Crippen LogP contribution in [0.2, 0.25) is 0 Å². The second kappa shape index (κ2) is 9.10. The maximum absolute atomic E-state index is 12.5. The number of methoxy groups -OCH3 is 1. The van der Waals surface area contributed by atoms with Gasteiger partial charge in [0.1, 0.15) is 11.3 Å². The maximum atomic E-state index is 12.5. The van der Waals surface area contributed by atoms with E-state index in [2.05, 4.69) is 25.5 Å². The maximum Gasteiger partial charge on any atom is 0.313 e. The molecule has 0 spiro atoms. The van der Waals surface area contributed by atoms with Gasteiger partial charge in [-0.2, -0.15) is 0 Å². The number of rotatable bonds is 4. The molecule has 1 aliphatic rings. The average Bonchev–Trinajstić information content (AvgIpc) is 3.23. The fourth-order valence-electron chi connectivity index (χ4n) is 3.31. The van der Waals surface area contributed by atoms with E-state index in [1.165, 1.54) is 13.5 Å². The summed E-state index contributed by atoms with van der Waals surface area (Å²) in [5.41, 5.74) is 0.515. The summed E-state index contributed by atoms with van der Waals surface area (Å²) in [6.45, 7) is 0. The standard InChI is InChI=1S/C20H20IN3O4/c1-27-16-11-14(5-6-15(16)17-12-22-13-28-17)23-18(25)19(26)24-20(9-10-21)7-3-2-4-8-20/h5-6,11-13H,2-4,7-8H2,1H3,(H,23,25)(H,24,26). The van der Waals surface area contributed by atoms with E-state index in [9.17, 15) is 9.59 Å². The Kier molecular flexibility index (Phi) is 6.57. The molecule has 2 amide bonds. The number of carbonyl (C=O) groups excluding carboxylic acids is 2. The Balaban J connectivity index is 1.71. The molecule has 8 heteroatoms. The van der Waals surface area contributed by atoms with Crippen LogP contribution in [-0.4, -0.2) is 29.4 Å². The number of anilines is 1. The van der Waals surface area contributed by atoms with Crippen LogP contribution in [-0.2, 0) is 9.59 Å². The molecule has 1 heterocycles. The van der Waals surface area contributed by atoms with Gasteiger partial charge in [-0.25, -0.2) is 4.98 Å². The van der Waals surface area contributed by atoms with Gasteiger partial charge in [0.15, 0.2) is 12.2 Å². The van der Waals surface area contributed by atoms with E-state index >= 15 is 0 Å². The van der Waals surface area contributed by atoms with Crippen molar-refractivity contribution in [1.29, 1.82) is 0 Å². The summed E-state index contributed by atoms with van der Waals surface area (Å²) in [7, 11) is 1.52. The zero-order valence-corrected chi connectivity index (χ0v) is 17.5. The number of nitrogens with one attached hydrogen (secondary N) is 2. The number of benzene rings is 1. The molecule has 1 saturated carbocycles. The number of amides is 2. The summed E-state index contributed by atoms with van der Waals surface area (Å²) >= 11 is 1.96. The highest BCUT2D eigenvalue weighted by Crippen LogP contribution is 2.32. The third-order valence-corrected chi connectivity index (χ3v) is 4.98. The molecule has 146 valence electrons. The first-order valence-corrected chi connectivity index (χ1v) is 9.98. The van der Waals surface area contributed by atoms with Gasteiger partial charge in [0.2, 0.25) is 0 Å². The highest BCUT2D eigenvalue weighted by atomic mass is 127. The van der Waals surface area contributed by atoms with Crippen LogP contribution in [0.5, 0.6) is 5.75 Å². The first kappa shape index (κ1) is 20.2. The number of carbonyl (C=O) groups is 2. The minimum Gasteiger partial charge on any atom is -0.496 e. The van der Waals surface area contributed by atoms with Crippen molar-refractivity contribution in [3.8, 4) is 26.9 Å². The van der Waals surface area contributed by atoms with Gasteiger partial charge in [0.25, 0.3) is 0 Å². The van der Waals surface area contributed by atoms with E-state index in [0.29, 0.717) is 22.8 Å². The van der Waals surface area contributed by atoms with E-state index < -0.39 is 17.4 Å². The third-order valence-electron chi connectivity index (χ3n) is 4.71. The molecular weight excluding hydrogens is 473 g/mol. The van der Waals surface area contributed by atoms with Crippen LogP contribution >= 0.6 is 22.6 Å². The molecule has 2 aromatic rings. The molecule has 0 radical (unpaired) electrons. The van der Waals surface area contributed by atoms with Crippen LogP contribution in [0.25, 0.3) is 11.3 Å². The van der Waals surface area contributed by atoms with Crippen LogP contribution < -0.4 is 15.4 Å².